The van der Waals surface area contributed by atoms with Gasteiger partial charge in [-0.05, 0) is 56.2 Å². The first kappa shape index (κ1) is 20.1. The van der Waals surface area contributed by atoms with E-state index in [9.17, 15) is 9.18 Å². The van der Waals surface area contributed by atoms with Crippen LogP contribution in [0.4, 0.5) is 15.0 Å². The second-order valence-corrected chi connectivity index (χ2v) is 7.50. The van der Waals surface area contributed by atoms with Gasteiger partial charge in [0, 0.05) is 24.2 Å². The normalized spacial score (nSPS) is 14.6. The van der Waals surface area contributed by atoms with Crippen LogP contribution in [0.5, 0.6) is 5.75 Å². The minimum Gasteiger partial charge on any atom is -0.449 e. The van der Waals surface area contributed by atoms with Gasteiger partial charge in [0.05, 0.1) is 11.0 Å². The van der Waals surface area contributed by atoms with E-state index in [-0.39, 0.29) is 11.6 Å². The van der Waals surface area contributed by atoms with Gasteiger partial charge >= 0.3 is 6.16 Å². The van der Waals surface area contributed by atoms with Gasteiger partial charge in [0.1, 0.15) is 17.3 Å². The lowest BCUT2D eigenvalue weighted by Gasteiger charge is -2.35. The summed E-state index contributed by atoms with van der Waals surface area (Å²) in [5.74, 6) is 0.630. The molecule has 156 valence electrons. The molecular weight excluding hydrogens is 385 g/mol. The summed E-state index contributed by atoms with van der Waals surface area (Å²) in [5.41, 5.74) is 2.67. The molecule has 30 heavy (non-hydrogen) atoms. The largest absolute Gasteiger partial charge is 0.511 e. The number of nitrogens with zero attached hydrogens (tertiary/aromatic N) is 3. The van der Waals surface area contributed by atoms with Crippen molar-refractivity contribution < 1.29 is 19.0 Å². The zero-order valence-corrected chi connectivity index (χ0v) is 16.8. The van der Waals surface area contributed by atoms with Gasteiger partial charge in [-0.15, -0.1) is 0 Å². The first-order valence-corrected chi connectivity index (χ1v) is 10.3. The van der Waals surface area contributed by atoms with Crippen LogP contribution in [0.15, 0.2) is 42.5 Å². The van der Waals surface area contributed by atoms with E-state index in [2.05, 4.69) is 11.8 Å². The zero-order valence-electron chi connectivity index (χ0n) is 16.8. The Morgan fingerprint density at radius 2 is 1.83 bits per heavy atom. The molecule has 1 heterocycles. The van der Waals surface area contributed by atoms with Gasteiger partial charge in [0.25, 0.3) is 0 Å². The number of aromatic nitrogens is 2. The van der Waals surface area contributed by atoms with Crippen molar-refractivity contribution in [3.05, 3.63) is 48.3 Å². The van der Waals surface area contributed by atoms with E-state index < -0.39 is 6.16 Å². The molecule has 0 radical (unpaired) electrons. The number of halogens is 1. The standard InChI is InChI=1S/C23H24FN3O3/c1-2-27(17-6-4-3-5-7-17)22-21(15-8-10-16(24)11-9-15)25-19-13-12-18(30-23(28)29)14-20(19)26-22/h8-14,17H,2-7H2,1H3,(H,28,29). The van der Waals surface area contributed by atoms with Crippen molar-refractivity contribution in [2.75, 3.05) is 11.4 Å². The molecule has 0 unspecified atom stereocenters. The van der Waals surface area contributed by atoms with Crippen molar-refractivity contribution in [2.24, 2.45) is 0 Å². The van der Waals surface area contributed by atoms with Crippen molar-refractivity contribution in [3.8, 4) is 17.0 Å². The Labute approximate surface area is 174 Å². The molecule has 0 bridgehead atoms. The first-order valence-electron chi connectivity index (χ1n) is 10.3. The summed E-state index contributed by atoms with van der Waals surface area (Å²) in [7, 11) is 0. The Morgan fingerprint density at radius 1 is 1.10 bits per heavy atom. The van der Waals surface area contributed by atoms with Crippen LogP contribution < -0.4 is 9.64 Å². The summed E-state index contributed by atoms with van der Waals surface area (Å²) >= 11 is 0. The van der Waals surface area contributed by atoms with Crippen LogP contribution >= 0.6 is 0 Å². The van der Waals surface area contributed by atoms with E-state index in [4.69, 9.17) is 19.8 Å². The van der Waals surface area contributed by atoms with E-state index in [1.165, 1.54) is 31.4 Å². The number of fused-ring (bicyclic) bond motifs is 1. The van der Waals surface area contributed by atoms with E-state index >= 15 is 0 Å². The molecule has 0 spiro atoms. The van der Waals surface area contributed by atoms with Crippen LogP contribution in [0.1, 0.15) is 39.0 Å². The Hall–Kier alpha value is -3.22. The Kier molecular flexibility index (Phi) is 5.79. The molecule has 0 amide bonds. The molecule has 3 aromatic rings. The lowest BCUT2D eigenvalue weighted by Crippen LogP contribution is -2.37. The number of carbonyl (C=O) groups is 1. The van der Waals surface area contributed by atoms with Crippen molar-refractivity contribution in [1.82, 2.24) is 9.97 Å². The topological polar surface area (TPSA) is 75.6 Å². The third-order valence-electron chi connectivity index (χ3n) is 5.57. The highest BCUT2D eigenvalue weighted by Gasteiger charge is 2.25. The second kappa shape index (κ2) is 8.65. The van der Waals surface area contributed by atoms with Gasteiger partial charge in [-0.1, -0.05) is 19.3 Å². The van der Waals surface area contributed by atoms with Gasteiger partial charge in [0.2, 0.25) is 0 Å². The SMILES string of the molecule is CCN(c1nc2cc(OC(=O)O)ccc2nc1-c1ccc(F)cc1)C1CCCCC1. The Morgan fingerprint density at radius 3 is 2.50 bits per heavy atom. The van der Waals surface area contributed by atoms with Crippen LogP contribution in [-0.2, 0) is 0 Å². The van der Waals surface area contributed by atoms with Crippen LogP contribution in [0.3, 0.4) is 0 Å². The molecule has 1 aliphatic carbocycles. The van der Waals surface area contributed by atoms with Crippen molar-refractivity contribution >= 4 is 23.0 Å². The summed E-state index contributed by atoms with van der Waals surface area (Å²) < 4.78 is 18.3. The third kappa shape index (κ3) is 4.20. The highest BCUT2D eigenvalue weighted by molar-refractivity contribution is 5.85. The molecule has 0 saturated heterocycles. The Balaban J connectivity index is 1.86. The lowest BCUT2D eigenvalue weighted by atomic mass is 9.94. The molecule has 0 atom stereocenters. The molecule has 1 saturated carbocycles. The van der Waals surface area contributed by atoms with Gasteiger partial charge < -0.3 is 14.7 Å². The number of carboxylic acid groups (broad SMARTS) is 1. The smallest absolute Gasteiger partial charge is 0.449 e. The quantitative estimate of drug-likeness (QED) is 0.433. The van der Waals surface area contributed by atoms with Crippen LogP contribution in [0.25, 0.3) is 22.3 Å². The number of benzene rings is 2. The Bertz CT molecular complexity index is 1050. The number of hydrogen-bond acceptors (Lipinski definition) is 5. The second-order valence-electron chi connectivity index (χ2n) is 7.50. The highest BCUT2D eigenvalue weighted by Crippen LogP contribution is 2.34. The fourth-order valence-corrected chi connectivity index (χ4v) is 4.16. The zero-order chi connectivity index (χ0) is 21.1. The maximum atomic E-state index is 13.5. The average Bonchev–Trinajstić information content (AvgIpc) is 2.75. The predicted molar refractivity (Wildman–Crippen MR) is 113 cm³/mol. The molecular formula is C23H24FN3O3. The van der Waals surface area contributed by atoms with Crippen molar-refractivity contribution in [3.63, 3.8) is 0 Å². The molecule has 7 heteroatoms. The van der Waals surface area contributed by atoms with Crippen molar-refractivity contribution in [2.45, 2.75) is 45.1 Å². The average molecular weight is 409 g/mol. The predicted octanol–water partition coefficient (Wildman–Crippen LogP) is 5.65. The summed E-state index contributed by atoms with van der Waals surface area (Å²) in [5, 5.41) is 8.91. The number of hydrogen-bond donors (Lipinski definition) is 1. The lowest BCUT2D eigenvalue weighted by molar-refractivity contribution is 0.144. The van der Waals surface area contributed by atoms with Gasteiger partial charge in [0.15, 0.2) is 5.82 Å². The first-order chi connectivity index (χ1) is 14.5. The summed E-state index contributed by atoms with van der Waals surface area (Å²) in [6.45, 7) is 2.86. The molecule has 6 nitrogen and oxygen atoms in total. The highest BCUT2D eigenvalue weighted by atomic mass is 19.1. The molecule has 4 rings (SSSR count). The number of rotatable bonds is 5. The summed E-state index contributed by atoms with van der Waals surface area (Å²) in [4.78, 5) is 22.9. The van der Waals surface area contributed by atoms with Gasteiger partial charge in [-0.25, -0.2) is 19.2 Å². The fourth-order valence-electron chi connectivity index (χ4n) is 4.16. The molecule has 1 N–H and O–H groups in total. The molecule has 2 aromatic carbocycles. The van der Waals surface area contributed by atoms with Crippen LogP contribution in [0, 0.1) is 5.82 Å². The minimum absolute atomic E-state index is 0.200. The van der Waals surface area contributed by atoms with Crippen LogP contribution in [0.2, 0.25) is 0 Å². The molecule has 1 fully saturated rings. The van der Waals surface area contributed by atoms with E-state index in [1.807, 2.05) is 0 Å². The van der Waals surface area contributed by atoms with E-state index in [0.717, 1.165) is 30.8 Å². The van der Waals surface area contributed by atoms with Crippen molar-refractivity contribution in [1.29, 1.82) is 0 Å². The minimum atomic E-state index is -1.37. The molecule has 1 aromatic heterocycles. The maximum Gasteiger partial charge on any atom is 0.511 e. The third-order valence-corrected chi connectivity index (χ3v) is 5.57. The van der Waals surface area contributed by atoms with Gasteiger partial charge in [-0.2, -0.15) is 0 Å². The number of anilines is 1. The van der Waals surface area contributed by atoms with Gasteiger partial charge in [-0.3, -0.25) is 0 Å². The number of ether oxygens (including phenoxy) is 1. The maximum absolute atomic E-state index is 13.5. The van der Waals surface area contributed by atoms with Crippen LogP contribution in [-0.4, -0.2) is 33.8 Å². The van der Waals surface area contributed by atoms with E-state index in [1.54, 1.807) is 30.3 Å². The summed E-state index contributed by atoms with van der Waals surface area (Å²) in [6.07, 6.45) is 4.44. The molecule has 1 aliphatic rings. The fraction of sp³-hybridized carbons (Fsp3) is 0.348. The van der Waals surface area contributed by atoms with E-state index in [0.29, 0.717) is 22.8 Å². The molecule has 0 aliphatic heterocycles. The monoisotopic (exact) mass is 409 g/mol. The summed E-state index contributed by atoms with van der Waals surface area (Å²) in [6, 6.07) is 11.5.